The van der Waals surface area contributed by atoms with E-state index in [0.29, 0.717) is 5.41 Å². The first-order valence-electron chi connectivity index (χ1n) is 6.06. The molecule has 0 N–H and O–H groups in total. The van der Waals surface area contributed by atoms with Crippen LogP contribution in [-0.2, 0) is 6.42 Å². The summed E-state index contributed by atoms with van der Waals surface area (Å²) in [5, 5.41) is 1.06. The fourth-order valence-corrected chi connectivity index (χ4v) is 2.49. The molecule has 2 rings (SSSR count). The molecule has 0 amide bonds. The average Bonchev–Trinajstić information content (AvgIpc) is 3.09. The number of benzene rings is 1. The second kappa shape index (κ2) is 5.22. The molecule has 88 valence electrons. The zero-order valence-electron chi connectivity index (χ0n) is 9.84. The minimum atomic E-state index is 0.433. The lowest BCUT2D eigenvalue weighted by molar-refractivity contribution is 0.251. The number of aryl methyl sites for hydroxylation is 1. The van der Waals surface area contributed by atoms with Crippen molar-refractivity contribution < 1.29 is 4.74 Å². The molecular weight excluding hydrogens is 264 g/mol. The van der Waals surface area contributed by atoms with Crippen molar-refractivity contribution in [2.75, 3.05) is 11.9 Å². The van der Waals surface area contributed by atoms with Crippen molar-refractivity contribution in [2.24, 2.45) is 5.41 Å². The van der Waals surface area contributed by atoms with Gasteiger partial charge in [0.1, 0.15) is 5.75 Å². The van der Waals surface area contributed by atoms with Crippen LogP contribution in [-0.4, -0.2) is 11.9 Å². The fourth-order valence-electron chi connectivity index (χ4n) is 1.77. The normalized spacial score (nSPS) is 17.1. The Morgan fingerprint density at radius 1 is 1.25 bits per heavy atom. The molecule has 1 aliphatic rings. The van der Waals surface area contributed by atoms with Crippen molar-refractivity contribution in [3.63, 3.8) is 0 Å². The van der Waals surface area contributed by atoms with Crippen molar-refractivity contribution in [3.8, 4) is 5.75 Å². The molecule has 0 heterocycles. The van der Waals surface area contributed by atoms with Crippen molar-refractivity contribution in [1.82, 2.24) is 0 Å². The maximum atomic E-state index is 5.83. The number of alkyl halides is 1. The first kappa shape index (κ1) is 12.0. The molecule has 0 spiro atoms. The van der Waals surface area contributed by atoms with Crippen LogP contribution < -0.4 is 4.74 Å². The van der Waals surface area contributed by atoms with Crippen LogP contribution in [0, 0.1) is 5.41 Å². The fraction of sp³-hybridized carbons (Fsp3) is 0.571. The van der Waals surface area contributed by atoms with Crippen LogP contribution in [0.15, 0.2) is 24.3 Å². The summed E-state index contributed by atoms with van der Waals surface area (Å²) in [6.45, 7) is 3.06. The van der Waals surface area contributed by atoms with Gasteiger partial charge in [0.05, 0.1) is 6.61 Å². The Kier molecular flexibility index (Phi) is 3.91. The van der Waals surface area contributed by atoms with Gasteiger partial charge >= 0.3 is 0 Å². The lowest BCUT2D eigenvalue weighted by Crippen LogP contribution is -2.14. The topological polar surface area (TPSA) is 9.23 Å². The van der Waals surface area contributed by atoms with Crippen molar-refractivity contribution in [1.29, 1.82) is 0 Å². The van der Waals surface area contributed by atoms with Crippen LogP contribution in [0.2, 0.25) is 0 Å². The standard InChI is InChI=1S/C14H19BrO/c1-2-3-12-4-6-13(7-5-12)16-11-14(10-15)8-9-14/h4-7H,2-3,8-11H2,1H3. The monoisotopic (exact) mass is 282 g/mol. The Morgan fingerprint density at radius 2 is 1.94 bits per heavy atom. The molecule has 1 fully saturated rings. The molecule has 2 heteroatoms. The maximum Gasteiger partial charge on any atom is 0.119 e. The van der Waals surface area contributed by atoms with Gasteiger partial charge in [0.2, 0.25) is 0 Å². The van der Waals surface area contributed by atoms with Gasteiger partial charge < -0.3 is 4.74 Å². The Hall–Kier alpha value is -0.500. The van der Waals surface area contributed by atoms with E-state index in [2.05, 4.69) is 47.1 Å². The lowest BCUT2D eigenvalue weighted by atomic mass is 10.1. The van der Waals surface area contributed by atoms with Crippen LogP contribution in [0.5, 0.6) is 5.75 Å². The number of hydrogen-bond donors (Lipinski definition) is 0. The van der Waals surface area contributed by atoms with Crippen LogP contribution in [0.25, 0.3) is 0 Å². The van der Waals surface area contributed by atoms with E-state index in [1.807, 2.05) is 0 Å². The molecule has 0 aromatic heterocycles. The van der Waals surface area contributed by atoms with Crippen LogP contribution in [0.1, 0.15) is 31.7 Å². The zero-order valence-corrected chi connectivity index (χ0v) is 11.4. The number of ether oxygens (including phenoxy) is 1. The molecule has 0 aliphatic heterocycles. The minimum absolute atomic E-state index is 0.433. The second-order valence-electron chi connectivity index (χ2n) is 4.82. The summed E-state index contributed by atoms with van der Waals surface area (Å²) in [6.07, 6.45) is 4.96. The summed E-state index contributed by atoms with van der Waals surface area (Å²) < 4.78 is 5.83. The second-order valence-corrected chi connectivity index (χ2v) is 5.38. The van der Waals surface area contributed by atoms with E-state index >= 15 is 0 Å². The first-order valence-corrected chi connectivity index (χ1v) is 7.18. The molecule has 16 heavy (non-hydrogen) atoms. The quantitative estimate of drug-likeness (QED) is 0.711. The molecule has 0 atom stereocenters. The summed E-state index contributed by atoms with van der Waals surface area (Å²) >= 11 is 3.56. The molecule has 0 unspecified atom stereocenters. The van der Waals surface area contributed by atoms with Gasteiger partial charge in [0.25, 0.3) is 0 Å². The summed E-state index contributed by atoms with van der Waals surface area (Å²) in [7, 11) is 0. The Bertz CT molecular complexity index is 327. The van der Waals surface area contributed by atoms with Gasteiger partial charge in [-0.2, -0.15) is 0 Å². The van der Waals surface area contributed by atoms with Gasteiger partial charge in [0.15, 0.2) is 0 Å². The molecule has 1 aliphatic carbocycles. The third-order valence-corrected chi connectivity index (χ3v) is 4.44. The van der Waals surface area contributed by atoms with E-state index in [1.54, 1.807) is 0 Å². The number of rotatable bonds is 6. The van der Waals surface area contributed by atoms with Crippen molar-refractivity contribution in [2.45, 2.75) is 32.6 Å². The van der Waals surface area contributed by atoms with Gasteiger partial charge in [-0.15, -0.1) is 0 Å². The van der Waals surface area contributed by atoms with E-state index in [0.717, 1.165) is 24.1 Å². The Labute approximate surface area is 106 Å². The molecule has 0 bridgehead atoms. The van der Waals surface area contributed by atoms with E-state index in [-0.39, 0.29) is 0 Å². The number of hydrogen-bond acceptors (Lipinski definition) is 1. The van der Waals surface area contributed by atoms with Gasteiger partial charge in [-0.3, -0.25) is 0 Å². The van der Waals surface area contributed by atoms with E-state index < -0.39 is 0 Å². The first-order chi connectivity index (χ1) is 7.78. The molecule has 0 saturated heterocycles. The van der Waals surface area contributed by atoms with Crippen LogP contribution in [0.4, 0.5) is 0 Å². The van der Waals surface area contributed by atoms with Crippen LogP contribution >= 0.6 is 15.9 Å². The van der Waals surface area contributed by atoms with E-state index in [1.165, 1.54) is 24.8 Å². The smallest absolute Gasteiger partial charge is 0.119 e. The summed E-state index contributed by atoms with van der Waals surface area (Å²) in [5.41, 5.74) is 1.83. The minimum Gasteiger partial charge on any atom is -0.493 e. The predicted molar refractivity (Wildman–Crippen MR) is 71.4 cm³/mol. The third kappa shape index (κ3) is 3.00. The molecule has 1 aromatic rings. The summed E-state index contributed by atoms with van der Waals surface area (Å²) in [6, 6.07) is 8.53. The highest BCUT2D eigenvalue weighted by Gasteiger charge is 2.42. The largest absolute Gasteiger partial charge is 0.493 e. The van der Waals surface area contributed by atoms with Crippen molar-refractivity contribution >= 4 is 15.9 Å². The third-order valence-electron chi connectivity index (χ3n) is 3.25. The van der Waals surface area contributed by atoms with Gasteiger partial charge in [-0.05, 0) is 37.0 Å². The summed E-state index contributed by atoms with van der Waals surface area (Å²) in [4.78, 5) is 0. The van der Waals surface area contributed by atoms with E-state index in [9.17, 15) is 0 Å². The Balaban J connectivity index is 1.85. The molecular formula is C14H19BrO. The Morgan fingerprint density at radius 3 is 2.44 bits per heavy atom. The molecule has 0 radical (unpaired) electrons. The zero-order chi connectivity index (χ0) is 11.4. The van der Waals surface area contributed by atoms with Crippen molar-refractivity contribution in [3.05, 3.63) is 29.8 Å². The highest BCUT2D eigenvalue weighted by molar-refractivity contribution is 9.09. The highest BCUT2D eigenvalue weighted by atomic mass is 79.9. The van der Waals surface area contributed by atoms with Crippen LogP contribution in [0.3, 0.4) is 0 Å². The molecule has 1 saturated carbocycles. The molecule has 1 nitrogen and oxygen atoms in total. The summed E-state index contributed by atoms with van der Waals surface area (Å²) in [5.74, 6) is 1.01. The predicted octanol–water partition coefficient (Wildman–Crippen LogP) is 4.19. The maximum absolute atomic E-state index is 5.83. The van der Waals surface area contributed by atoms with E-state index in [4.69, 9.17) is 4.74 Å². The highest BCUT2D eigenvalue weighted by Crippen LogP contribution is 2.47. The van der Waals surface area contributed by atoms with Gasteiger partial charge in [-0.1, -0.05) is 41.4 Å². The SMILES string of the molecule is CCCc1ccc(OCC2(CBr)CC2)cc1. The van der Waals surface area contributed by atoms with Gasteiger partial charge in [-0.25, -0.2) is 0 Å². The molecule has 1 aromatic carbocycles. The number of halogens is 1. The lowest BCUT2D eigenvalue weighted by Gasteiger charge is -2.13. The van der Waals surface area contributed by atoms with Gasteiger partial charge in [0, 0.05) is 10.7 Å². The average molecular weight is 283 g/mol.